The number of hydrogen-bond acceptors (Lipinski definition) is 3. The van der Waals surface area contributed by atoms with Gasteiger partial charge in [0.15, 0.2) is 0 Å². The molecule has 2 aromatic rings. The fourth-order valence-corrected chi connectivity index (χ4v) is 4.29. The Kier molecular flexibility index (Phi) is 4.04. The fraction of sp³-hybridized carbons (Fsp3) is 0.500. The Morgan fingerprint density at radius 3 is 2.92 bits per heavy atom. The molecule has 2 atom stereocenters. The Bertz CT molecular complexity index is 772. The minimum Gasteiger partial charge on any atom is -0.334 e. The fourth-order valence-electron chi connectivity index (χ4n) is 4.08. The van der Waals surface area contributed by atoms with E-state index in [0.29, 0.717) is 11.4 Å². The SMILES string of the molecule is CCc1nnc2n1C[C@H]1CC[C@@H](C2)N1C(=O)Cc1cccc(Cl)c1. The maximum absolute atomic E-state index is 13.0. The summed E-state index contributed by atoms with van der Waals surface area (Å²) in [6.45, 7) is 2.92. The van der Waals surface area contributed by atoms with Crippen LogP contribution < -0.4 is 0 Å². The third-order valence-electron chi connectivity index (χ3n) is 5.18. The van der Waals surface area contributed by atoms with Crippen LogP contribution in [0.5, 0.6) is 0 Å². The molecule has 1 aromatic carbocycles. The van der Waals surface area contributed by atoms with Crippen molar-refractivity contribution in [2.24, 2.45) is 0 Å². The van der Waals surface area contributed by atoms with Crippen LogP contribution in [-0.2, 0) is 30.6 Å². The first kappa shape index (κ1) is 15.6. The van der Waals surface area contributed by atoms with Crippen molar-refractivity contribution in [2.75, 3.05) is 0 Å². The van der Waals surface area contributed by atoms with Gasteiger partial charge in [0.2, 0.25) is 5.91 Å². The first-order chi connectivity index (χ1) is 11.7. The molecule has 1 aromatic heterocycles. The zero-order valence-electron chi connectivity index (χ0n) is 13.8. The molecule has 4 rings (SSSR count). The van der Waals surface area contributed by atoms with E-state index in [9.17, 15) is 4.79 Å². The Balaban J connectivity index is 1.56. The molecule has 1 fully saturated rings. The number of benzene rings is 1. The number of halogens is 1. The first-order valence-corrected chi connectivity index (χ1v) is 9.00. The number of aromatic nitrogens is 3. The van der Waals surface area contributed by atoms with E-state index in [1.54, 1.807) is 0 Å². The molecule has 2 bridgehead atoms. The number of rotatable bonds is 3. The summed E-state index contributed by atoms with van der Waals surface area (Å²) in [6, 6.07) is 8.08. The maximum atomic E-state index is 13.0. The van der Waals surface area contributed by atoms with Gasteiger partial charge in [0.25, 0.3) is 0 Å². The van der Waals surface area contributed by atoms with E-state index in [0.717, 1.165) is 49.4 Å². The van der Waals surface area contributed by atoms with Crippen LogP contribution in [0.3, 0.4) is 0 Å². The van der Waals surface area contributed by atoms with Gasteiger partial charge in [-0.05, 0) is 30.5 Å². The van der Waals surface area contributed by atoms with Crippen molar-refractivity contribution in [1.29, 1.82) is 0 Å². The number of nitrogens with zero attached hydrogens (tertiary/aromatic N) is 4. The lowest BCUT2D eigenvalue weighted by atomic mass is 10.1. The second-order valence-corrected chi connectivity index (χ2v) is 7.13. The number of hydrogen-bond donors (Lipinski definition) is 0. The van der Waals surface area contributed by atoms with Crippen molar-refractivity contribution in [3.8, 4) is 0 Å². The summed E-state index contributed by atoms with van der Waals surface area (Å²) in [6.07, 6.45) is 4.22. The van der Waals surface area contributed by atoms with Gasteiger partial charge in [0.1, 0.15) is 11.6 Å². The van der Waals surface area contributed by atoms with Crippen molar-refractivity contribution in [3.63, 3.8) is 0 Å². The molecule has 24 heavy (non-hydrogen) atoms. The van der Waals surface area contributed by atoms with Crippen molar-refractivity contribution in [2.45, 2.75) is 57.7 Å². The maximum Gasteiger partial charge on any atom is 0.227 e. The van der Waals surface area contributed by atoms with Crippen molar-refractivity contribution in [1.82, 2.24) is 19.7 Å². The first-order valence-electron chi connectivity index (χ1n) is 8.62. The molecule has 6 heteroatoms. The summed E-state index contributed by atoms with van der Waals surface area (Å²) in [4.78, 5) is 15.1. The Morgan fingerprint density at radius 2 is 2.12 bits per heavy atom. The molecule has 1 amide bonds. The molecule has 0 spiro atoms. The molecule has 0 aliphatic carbocycles. The summed E-state index contributed by atoms with van der Waals surface area (Å²) < 4.78 is 2.23. The minimum absolute atomic E-state index is 0.196. The molecule has 0 N–H and O–H groups in total. The summed E-state index contributed by atoms with van der Waals surface area (Å²) in [5.74, 6) is 2.25. The number of carbonyl (C=O) groups is 1. The minimum atomic E-state index is 0.196. The van der Waals surface area contributed by atoms with Gasteiger partial charge in [-0.15, -0.1) is 10.2 Å². The van der Waals surface area contributed by atoms with Crippen LogP contribution in [-0.4, -0.2) is 37.7 Å². The molecular formula is C18H21ClN4O. The Hall–Kier alpha value is -1.88. The highest BCUT2D eigenvalue weighted by Gasteiger charge is 2.40. The lowest BCUT2D eigenvalue weighted by Crippen LogP contribution is -2.43. The van der Waals surface area contributed by atoms with Crippen LogP contribution in [0.1, 0.15) is 37.0 Å². The van der Waals surface area contributed by atoms with E-state index in [2.05, 4.69) is 26.6 Å². The predicted molar refractivity (Wildman–Crippen MR) is 91.9 cm³/mol. The summed E-state index contributed by atoms with van der Waals surface area (Å²) >= 11 is 6.05. The van der Waals surface area contributed by atoms with Gasteiger partial charge in [0.05, 0.1) is 12.5 Å². The Morgan fingerprint density at radius 1 is 1.29 bits per heavy atom. The van der Waals surface area contributed by atoms with Crippen molar-refractivity contribution < 1.29 is 4.79 Å². The molecule has 0 saturated carbocycles. The van der Waals surface area contributed by atoms with E-state index in [1.807, 2.05) is 24.3 Å². The van der Waals surface area contributed by atoms with Gasteiger partial charge in [0, 0.05) is 30.5 Å². The standard InChI is InChI=1S/C18H21ClN4O/c1-2-16-20-21-17-10-14-6-7-15(11-22(16)17)23(14)18(24)9-12-4-3-5-13(19)8-12/h3-5,8,14-15H,2,6-7,9-11H2,1H3/t14-,15+/m0/s1. The lowest BCUT2D eigenvalue weighted by Gasteiger charge is -2.28. The van der Waals surface area contributed by atoms with E-state index in [4.69, 9.17) is 11.6 Å². The number of amides is 1. The van der Waals surface area contributed by atoms with Gasteiger partial charge in [-0.25, -0.2) is 0 Å². The summed E-state index contributed by atoms with van der Waals surface area (Å²) in [7, 11) is 0. The molecule has 0 radical (unpaired) electrons. The number of fused-ring (bicyclic) bond motifs is 3. The third kappa shape index (κ3) is 2.71. The second kappa shape index (κ2) is 6.20. The van der Waals surface area contributed by atoms with Gasteiger partial charge in [-0.3, -0.25) is 4.79 Å². The molecule has 2 aliphatic rings. The third-order valence-corrected chi connectivity index (χ3v) is 5.42. The highest BCUT2D eigenvalue weighted by atomic mass is 35.5. The van der Waals surface area contributed by atoms with E-state index >= 15 is 0 Å². The molecule has 2 aliphatic heterocycles. The van der Waals surface area contributed by atoms with Crippen LogP contribution in [0, 0.1) is 0 Å². The predicted octanol–water partition coefficient (Wildman–Crippen LogP) is 2.65. The normalized spacial score (nSPS) is 22.3. The summed E-state index contributed by atoms with van der Waals surface area (Å²) in [5.41, 5.74) is 0.977. The van der Waals surface area contributed by atoms with Crippen LogP contribution in [0.2, 0.25) is 5.02 Å². The molecule has 5 nitrogen and oxygen atoms in total. The van der Waals surface area contributed by atoms with Crippen molar-refractivity contribution >= 4 is 17.5 Å². The molecule has 3 heterocycles. The number of aryl methyl sites for hydroxylation is 1. The largest absolute Gasteiger partial charge is 0.334 e. The van der Waals surface area contributed by atoms with Gasteiger partial charge >= 0.3 is 0 Å². The van der Waals surface area contributed by atoms with E-state index < -0.39 is 0 Å². The second-order valence-electron chi connectivity index (χ2n) is 6.69. The Labute approximate surface area is 146 Å². The molecule has 1 saturated heterocycles. The van der Waals surface area contributed by atoms with E-state index in [-0.39, 0.29) is 18.0 Å². The van der Waals surface area contributed by atoms with Crippen LogP contribution in [0.15, 0.2) is 24.3 Å². The zero-order chi connectivity index (χ0) is 16.7. The molecule has 126 valence electrons. The average molecular weight is 345 g/mol. The number of carbonyl (C=O) groups excluding carboxylic acids is 1. The zero-order valence-corrected chi connectivity index (χ0v) is 14.5. The smallest absolute Gasteiger partial charge is 0.227 e. The van der Waals surface area contributed by atoms with Crippen LogP contribution >= 0.6 is 11.6 Å². The monoisotopic (exact) mass is 344 g/mol. The quantitative estimate of drug-likeness (QED) is 0.860. The van der Waals surface area contributed by atoms with Gasteiger partial charge < -0.3 is 9.47 Å². The average Bonchev–Trinajstić information content (AvgIpc) is 3.07. The van der Waals surface area contributed by atoms with Gasteiger partial charge in [-0.2, -0.15) is 0 Å². The summed E-state index contributed by atoms with van der Waals surface area (Å²) in [5, 5.41) is 9.33. The van der Waals surface area contributed by atoms with Crippen LogP contribution in [0.25, 0.3) is 0 Å². The van der Waals surface area contributed by atoms with E-state index in [1.165, 1.54) is 0 Å². The highest BCUT2D eigenvalue weighted by Crippen LogP contribution is 2.32. The lowest BCUT2D eigenvalue weighted by molar-refractivity contribution is -0.133. The molecular weight excluding hydrogens is 324 g/mol. The highest BCUT2D eigenvalue weighted by molar-refractivity contribution is 6.30. The van der Waals surface area contributed by atoms with Crippen molar-refractivity contribution in [3.05, 3.63) is 46.5 Å². The van der Waals surface area contributed by atoms with Gasteiger partial charge in [-0.1, -0.05) is 30.7 Å². The topological polar surface area (TPSA) is 51.0 Å². The molecule has 0 unspecified atom stereocenters. The van der Waals surface area contributed by atoms with Crippen LogP contribution in [0.4, 0.5) is 0 Å².